The van der Waals surface area contributed by atoms with E-state index in [0.29, 0.717) is 0 Å². The van der Waals surface area contributed by atoms with Gasteiger partial charge in [-0.15, -0.1) is 0 Å². The van der Waals surface area contributed by atoms with Gasteiger partial charge in [-0.05, 0) is 26.9 Å². The van der Waals surface area contributed by atoms with Crippen molar-refractivity contribution in [3.63, 3.8) is 0 Å². The van der Waals surface area contributed by atoms with Crippen LogP contribution in [0.4, 0.5) is 0 Å². The molecule has 1 unspecified atom stereocenters. The fourth-order valence-electron chi connectivity index (χ4n) is 3.62. The highest BCUT2D eigenvalue weighted by Crippen LogP contribution is 2.15. The van der Waals surface area contributed by atoms with E-state index in [4.69, 9.17) is 0 Å². The van der Waals surface area contributed by atoms with Crippen LogP contribution in [0.2, 0.25) is 0 Å². The third kappa shape index (κ3) is 12.2. The molecule has 0 saturated heterocycles. The van der Waals surface area contributed by atoms with Gasteiger partial charge in [0.25, 0.3) is 0 Å². The Kier molecular flexibility index (Phi) is 13.6. The Morgan fingerprint density at radius 3 is 1.76 bits per heavy atom. The predicted molar refractivity (Wildman–Crippen MR) is 110 cm³/mol. The summed E-state index contributed by atoms with van der Waals surface area (Å²) in [4.78, 5) is 2.43. The molecule has 0 N–H and O–H groups in total. The monoisotopic (exact) mass is 347 g/mol. The molecule has 0 fully saturated rings. The minimum Gasteiger partial charge on any atom is -0.306 e. The Balaban J connectivity index is 2.01. The molecule has 1 aromatic rings. The average molecular weight is 348 g/mol. The first kappa shape index (κ1) is 22.2. The minimum atomic E-state index is 0.748. The van der Waals surface area contributed by atoms with Gasteiger partial charge >= 0.3 is 0 Å². The Bertz CT molecular complexity index is 388. The van der Waals surface area contributed by atoms with Crippen molar-refractivity contribution in [2.45, 2.75) is 103 Å². The number of unbranched alkanes of at least 4 members (excludes halogenated alkanes) is 9. The second-order valence-electron chi connectivity index (χ2n) is 7.84. The highest BCUT2D eigenvalue weighted by molar-refractivity contribution is 4.83. The van der Waals surface area contributed by atoms with Gasteiger partial charge in [0.1, 0.15) is 6.54 Å². The molecule has 0 radical (unpaired) electrons. The highest BCUT2D eigenvalue weighted by Gasteiger charge is 2.12. The van der Waals surface area contributed by atoms with Crippen LogP contribution >= 0.6 is 0 Å². The largest absolute Gasteiger partial charge is 0.306 e. The topological polar surface area (TPSA) is 7.12 Å². The molecule has 2 heteroatoms. The zero-order valence-corrected chi connectivity index (χ0v) is 17.3. The molecule has 1 aromatic heterocycles. The third-order valence-electron chi connectivity index (χ3n) is 5.35. The third-order valence-corrected chi connectivity index (χ3v) is 5.35. The van der Waals surface area contributed by atoms with E-state index in [2.05, 4.69) is 61.1 Å². The molecule has 0 spiro atoms. The summed E-state index contributed by atoms with van der Waals surface area (Å²) >= 11 is 0. The zero-order valence-electron chi connectivity index (χ0n) is 17.3. The Morgan fingerprint density at radius 2 is 1.20 bits per heavy atom. The molecule has 144 valence electrons. The predicted octanol–water partition coefficient (Wildman–Crippen LogP) is 6.00. The highest BCUT2D eigenvalue weighted by atomic mass is 15.1. The lowest BCUT2D eigenvalue weighted by Gasteiger charge is -2.24. The van der Waals surface area contributed by atoms with Crippen LogP contribution in [0.25, 0.3) is 0 Å². The molecule has 0 aliphatic carbocycles. The Hall–Kier alpha value is -0.890. The number of hydrogen-bond donors (Lipinski definition) is 0. The van der Waals surface area contributed by atoms with Gasteiger partial charge in [-0.1, -0.05) is 77.2 Å². The van der Waals surface area contributed by atoms with Crippen molar-refractivity contribution in [2.24, 2.45) is 0 Å². The lowest BCUT2D eigenvalue weighted by Crippen LogP contribution is -2.34. The van der Waals surface area contributed by atoms with Gasteiger partial charge in [0, 0.05) is 24.6 Å². The van der Waals surface area contributed by atoms with Crippen molar-refractivity contribution in [1.29, 1.82) is 0 Å². The molecule has 0 aliphatic rings. The number of rotatable bonds is 16. The van der Waals surface area contributed by atoms with Crippen LogP contribution in [-0.4, -0.2) is 25.0 Å². The summed E-state index contributed by atoms with van der Waals surface area (Å²) in [7, 11) is 4.49. The maximum atomic E-state index is 2.43. The molecule has 0 aromatic carbocycles. The van der Waals surface area contributed by atoms with Crippen molar-refractivity contribution in [2.75, 3.05) is 14.1 Å². The molecule has 0 amide bonds. The van der Waals surface area contributed by atoms with Crippen LogP contribution in [0.5, 0.6) is 0 Å². The number of aromatic nitrogens is 1. The van der Waals surface area contributed by atoms with Crippen LogP contribution < -0.4 is 4.57 Å². The summed E-state index contributed by atoms with van der Waals surface area (Å²) in [6.07, 6.45) is 22.6. The van der Waals surface area contributed by atoms with E-state index in [1.807, 2.05) is 0 Å². The van der Waals surface area contributed by atoms with E-state index in [9.17, 15) is 0 Å². The molecular formula is C23H43N2+. The van der Waals surface area contributed by atoms with E-state index >= 15 is 0 Å². The first-order valence-electron chi connectivity index (χ1n) is 10.8. The second-order valence-corrected chi connectivity index (χ2v) is 7.84. The normalized spacial score (nSPS) is 12.6. The van der Waals surface area contributed by atoms with Crippen molar-refractivity contribution < 1.29 is 4.57 Å². The van der Waals surface area contributed by atoms with E-state index in [1.54, 1.807) is 0 Å². The van der Waals surface area contributed by atoms with Crippen LogP contribution in [0.1, 0.15) is 90.4 Å². The lowest BCUT2D eigenvalue weighted by molar-refractivity contribution is -0.697. The van der Waals surface area contributed by atoms with Gasteiger partial charge in [-0.2, -0.15) is 0 Å². The van der Waals surface area contributed by atoms with Crippen molar-refractivity contribution in [1.82, 2.24) is 4.90 Å². The SMILES string of the molecule is CCCCCCCCCCCCC(CCC[n+]1ccccc1)N(C)C. The number of aryl methyl sites for hydroxylation is 1. The van der Waals surface area contributed by atoms with Crippen LogP contribution in [0.15, 0.2) is 30.6 Å². The maximum Gasteiger partial charge on any atom is 0.168 e. The molecule has 1 heterocycles. The fraction of sp³-hybridized carbons (Fsp3) is 0.783. The van der Waals surface area contributed by atoms with Gasteiger partial charge in [-0.3, -0.25) is 0 Å². The summed E-state index contributed by atoms with van der Waals surface area (Å²) in [5.74, 6) is 0. The van der Waals surface area contributed by atoms with E-state index in [1.165, 1.54) is 83.5 Å². The van der Waals surface area contributed by atoms with E-state index in [0.717, 1.165) is 12.6 Å². The second kappa shape index (κ2) is 15.4. The molecule has 0 bridgehead atoms. The van der Waals surface area contributed by atoms with Crippen molar-refractivity contribution in [3.05, 3.63) is 30.6 Å². The molecule has 25 heavy (non-hydrogen) atoms. The van der Waals surface area contributed by atoms with Crippen LogP contribution in [0, 0.1) is 0 Å². The number of nitrogens with zero attached hydrogens (tertiary/aromatic N) is 2. The molecule has 1 atom stereocenters. The molecular weight excluding hydrogens is 304 g/mol. The summed E-state index contributed by atoms with van der Waals surface area (Å²) < 4.78 is 2.30. The van der Waals surface area contributed by atoms with Gasteiger partial charge < -0.3 is 4.90 Å². The molecule has 2 nitrogen and oxygen atoms in total. The molecule has 0 saturated carbocycles. The van der Waals surface area contributed by atoms with Crippen LogP contribution in [-0.2, 0) is 6.54 Å². The first-order chi connectivity index (χ1) is 12.2. The van der Waals surface area contributed by atoms with Gasteiger partial charge in [0.15, 0.2) is 12.4 Å². The first-order valence-corrected chi connectivity index (χ1v) is 10.8. The summed E-state index contributed by atoms with van der Waals surface area (Å²) in [6, 6.07) is 7.07. The van der Waals surface area contributed by atoms with Gasteiger partial charge in [-0.25, -0.2) is 4.57 Å². The number of pyridine rings is 1. The summed E-state index contributed by atoms with van der Waals surface area (Å²) in [5, 5.41) is 0. The Labute approximate surface area is 157 Å². The van der Waals surface area contributed by atoms with Crippen LogP contribution in [0.3, 0.4) is 0 Å². The van der Waals surface area contributed by atoms with E-state index < -0.39 is 0 Å². The van der Waals surface area contributed by atoms with E-state index in [-0.39, 0.29) is 0 Å². The van der Waals surface area contributed by atoms with Crippen molar-refractivity contribution in [3.8, 4) is 0 Å². The standard InChI is InChI=1S/C23H43N2/c1-4-5-6-7-8-9-10-11-12-14-18-23(24(2)3)19-17-22-25-20-15-13-16-21-25/h13,15-16,20-21,23H,4-12,14,17-19,22H2,1-3H3/q+1. The fourth-order valence-corrected chi connectivity index (χ4v) is 3.62. The minimum absolute atomic E-state index is 0.748. The average Bonchev–Trinajstić information content (AvgIpc) is 2.62. The molecule has 1 rings (SSSR count). The zero-order chi connectivity index (χ0) is 18.2. The smallest absolute Gasteiger partial charge is 0.168 e. The quantitative estimate of drug-likeness (QED) is 0.263. The molecule has 0 aliphatic heterocycles. The maximum absolute atomic E-state index is 2.43. The number of hydrogen-bond acceptors (Lipinski definition) is 1. The van der Waals surface area contributed by atoms with Gasteiger partial charge in [0.2, 0.25) is 0 Å². The summed E-state index contributed by atoms with van der Waals surface area (Å²) in [6.45, 7) is 3.44. The Morgan fingerprint density at radius 1 is 0.680 bits per heavy atom. The summed E-state index contributed by atoms with van der Waals surface area (Å²) in [5.41, 5.74) is 0. The van der Waals surface area contributed by atoms with Gasteiger partial charge in [0.05, 0.1) is 0 Å². The van der Waals surface area contributed by atoms with Crippen molar-refractivity contribution >= 4 is 0 Å². The lowest BCUT2D eigenvalue weighted by atomic mass is 10.0.